The van der Waals surface area contributed by atoms with E-state index in [1.54, 1.807) is 0 Å². The van der Waals surface area contributed by atoms with Crippen LogP contribution in [-0.4, -0.2) is 23.0 Å². The van der Waals surface area contributed by atoms with Gasteiger partial charge in [0.15, 0.2) is 5.69 Å². The molecule has 1 aromatic rings. The first-order valence-corrected chi connectivity index (χ1v) is 3.82. The fourth-order valence-electron chi connectivity index (χ4n) is 0.784. The van der Waals surface area contributed by atoms with Crippen molar-refractivity contribution >= 4 is 23.3 Å². The van der Waals surface area contributed by atoms with Gasteiger partial charge in [0.05, 0.1) is 24.3 Å². The highest BCUT2D eigenvalue weighted by Crippen LogP contribution is 2.23. The first-order valence-electron chi connectivity index (χ1n) is 3.44. The van der Waals surface area contributed by atoms with Crippen molar-refractivity contribution in [3.63, 3.8) is 0 Å². The van der Waals surface area contributed by atoms with Gasteiger partial charge in [-0.1, -0.05) is 11.6 Å². The lowest BCUT2D eigenvalue weighted by Crippen LogP contribution is -2.05. The maximum absolute atomic E-state index is 10.9. The monoisotopic (exact) mass is 216 g/mol. The van der Waals surface area contributed by atoms with Crippen molar-refractivity contribution in [1.82, 2.24) is 4.98 Å². The number of nitro groups is 1. The summed E-state index contributed by atoms with van der Waals surface area (Å²) in [5.41, 5.74) is -0.523. The molecule has 0 aliphatic heterocycles. The highest BCUT2D eigenvalue weighted by Gasteiger charge is 2.17. The molecule has 1 aromatic heterocycles. The number of hydrogen-bond donors (Lipinski definition) is 0. The fraction of sp³-hybridized carbons (Fsp3) is 0.143. The lowest BCUT2D eigenvalue weighted by molar-refractivity contribution is -0.384. The SMILES string of the molecule is COC(=O)c1cc([N+](=O)[O-])c(Cl)cn1. The number of rotatable bonds is 2. The van der Waals surface area contributed by atoms with E-state index in [4.69, 9.17) is 11.6 Å². The number of carbonyl (C=O) groups excluding carboxylic acids is 1. The number of aromatic nitrogens is 1. The van der Waals surface area contributed by atoms with Crippen LogP contribution in [0.2, 0.25) is 5.02 Å². The molecule has 0 unspecified atom stereocenters. The molecule has 0 saturated heterocycles. The molecule has 0 fully saturated rings. The van der Waals surface area contributed by atoms with E-state index >= 15 is 0 Å². The van der Waals surface area contributed by atoms with Gasteiger partial charge in [-0.3, -0.25) is 10.1 Å². The summed E-state index contributed by atoms with van der Waals surface area (Å²) in [6, 6.07) is 0.966. The number of esters is 1. The summed E-state index contributed by atoms with van der Waals surface area (Å²) in [4.78, 5) is 24.3. The Balaban J connectivity index is 3.19. The Hall–Kier alpha value is -1.69. The lowest BCUT2D eigenvalue weighted by Gasteiger charge is -1.98. The van der Waals surface area contributed by atoms with Crippen LogP contribution in [0.4, 0.5) is 5.69 Å². The summed E-state index contributed by atoms with van der Waals surface area (Å²) in [5, 5.41) is 10.3. The molecule has 0 saturated carbocycles. The number of pyridine rings is 1. The Bertz CT molecular complexity index is 393. The second kappa shape index (κ2) is 4.01. The second-order valence-electron chi connectivity index (χ2n) is 2.27. The smallest absolute Gasteiger partial charge is 0.356 e. The third kappa shape index (κ3) is 1.97. The Labute approximate surface area is 83.6 Å². The van der Waals surface area contributed by atoms with Gasteiger partial charge in [0, 0.05) is 0 Å². The van der Waals surface area contributed by atoms with Gasteiger partial charge in [-0.2, -0.15) is 0 Å². The molecule has 0 spiro atoms. The molecule has 14 heavy (non-hydrogen) atoms. The zero-order valence-electron chi connectivity index (χ0n) is 7.06. The molecule has 0 bridgehead atoms. The van der Waals surface area contributed by atoms with Crippen molar-refractivity contribution in [2.45, 2.75) is 0 Å². The summed E-state index contributed by atoms with van der Waals surface area (Å²) in [7, 11) is 1.16. The molecule has 0 N–H and O–H groups in total. The van der Waals surface area contributed by atoms with Crippen molar-refractivity contribution < 1.29 is 14.5 Å². The van der Waals surface area contributed by atoms with Crippen LogP contribution in [0.25, 0.3) is 0 Å². The van der Waals surface area contributed by atoms with Gasteiger partial charge in [0.1, 0.15) is 5.02 Å². The van der Waals surface area contributed by atoms with Gasteiger partial charge in [-0.15, -0.1) is 0 Å². The predicted molar refractivity (Wildman–Crippen MR) is 47.2 cm³/mol. The fourth-order valence-corrected chi connectivity index (χ4v) is 0.957. The molecule has 1 heterocycles. The van der Waals surface area contributed by atoms with E-state index < -0.39 is 10.9 Å². The third-order valence-electron chi connectivity index (χ3n) is 1.43. The molecule has 0 radical (unpaired) electrons. The van der Waals surface area contributed by atoms with E-state index in [9.17, 15) is 14.9 Å². The standard InChI is InChI=1S/C7H5ClN2O4/c1-14-7(11)5-2-6(10(12)13)4(8)3-9-5/h2-3H,1H3. The summed E-state index contributed by atoms with van der Waals surface area (Å²) in [6.45, 7) is 0. The van der Waals surface area contributed by atoms with Gasteiger partial charge >= 0.3 is 5.97 Å². The number of carbonyl (C=O) groups is 1. The predicted octanol–water partition coefficient (Wildman–Crippen LogP) is 1.43. The highest BCUT2D eigenvalue weighted by atomic mass is 35.5. The second-order valence-corrected chi connectivity index (χ2v) is 2.68. The van der Waals surface area contributed by atoms with Crippen LogP contribution in [0.3, 0.4) is 0 Å². The first kappa shape index (κ1) is 10.4. The highest BCUT2D eigenvalue weighted by molar-refractivity contribution is 6.32. The van der Waals surface area contributed by atoms with Crippen molar-refractivity contribution in [2.75, 3.05) is 7.11 Å². The molecule has 0 atom stereocenters. The number of halogens is 1. The largest absolute Gasteiger partial charge is 0.464 e. The molecular weight excluding hydrogens is 212 g/mol. The molecule has 7 heteroatoms. The molecular formula is C7H5ClN2O4. The van der Waals surface area contributed by atoms with Crippen LogP contribution in [0, 0.1) is 10.1 Å². The molecule has 1 rings (SSSR count). The number of ether oxygens (including phenoxy) is 1. The number of hydrogen-bond acceptors (Lipinski definition) is 5. The molecule has 6 nitrogen and oxygen atoms in total. The number of nitrogens with zero attached hydrogens (tertiary/aromatic N) is 2. The van der Waals surface area contributed by atoms with Gasteiger partial charge in [0.25, 0.3) is 5.69 Å². The van der Waals surface area contributed by atoms with Crippen LogP contribution < -0.4 is 0 Å². The van der Waals surface area contributed by atoms with Crippen LogP contribution in [0.1, 0.15) is 10.5 Å². The van der Waals surface area contributed by atoms with Gasteiger partial charge < -0.3 is 4.74 Å². The van der Waals surface area contributed by atoms with E-state index in [0.29, 0.717) is 0 Å². The summed E-state index contributed by atoms with van der Waals surface area (Å²) >= 11 is 5.48. The molecule has 0 aliphatic carbocycles. The van der Waals surface area contributed by atoms with E-state index in [1.165, 1.54) is 0 Å². The van der Waals surface area contributed by atoms with Crippen LogP contribution in [0.15, 0.2) is 12.3 Å². The Kier molecular flexibility index (Phi) is 2.98. The molecule has 0 aliphatic rings. The normalized spacial score (nSPS) is 9.57. The summed E-state index contributed by atoms with van der Waals surface area (Å²) in [6.07, 6.45) is 1.03. The van der Waals surface area contributed by atoms with E-state index in [-0.39, 0.29) is 16.4 Å². The average Bonchev–Trinajstić information content (AvgIpc) is 2.17. The van der Waals surface area contributed by atoms with Crippen LogP contribution in [0.5, 0.6) is 0 Å². The van der Waals surface area contributed by atoms with Crippen molar-refractivity contribution in [3.05, 3.63) is 33.1 Å². The Morgan fingerprint density at radius 3 is 2.86 bits per heavy atom. The zero-order valence-corrected chi connectivity index (χ0v) is 7.82. The maximum Gasteiger partial charge on any atom is 0.356 e. The van der Waals surface area contributed by atoms with Gasteiger partial charge in [-0.05, 0) is 0 Å². The quantitative estimate of drug-likeness (QED) is 0.424. The summed E-state index contributed by atoms with van der Waals surface area (Å²) in [5.74, 6) is -0.746. The molecule has 0 aromatic carbocycles. The van der Waals surface area contributed by atoms with E-state index in [2.05, 4.69) is 9.72 Å². The van der Waals surface area contributed by atoms with E-state index in [0.717, 1.165) is 19.4 Å². The Morgan fingerprint density at radius 1 is 1.71 bits per heavy atom. The summed E-state index contributed by atoms with van der Waals surface area (Å²) < 4.78 is 4.34. The van der Waals surface area contributed by atoms with Crippen molar-refractivity contribution in [2.24, 2.45) is 0 Å². The lowest BCUT2D eigenvalue weighted by atomic mass is 10.3. The Morgan fingerprint density at radius 2 is 2.36 bits per heavy atom. The molecule has 0 amide bonds. The average molecular weight is 217 g/mol. The topological polar surface area (TPSA) is 82.3 Å². The first-order chi connectivity index (χ1) is 6.56. The maximum atomic E-state index is 10.9. The third-order valence-corrected chi connectivity index (χ3v) is 1.72. The molecule has 74 valence electrons. The minimum atomic E-state index is -0.746. The van der Waals surface area contributed by atoms with Crippen molar-refractivity contribution in [1.29, 1.82) is 0 Å². The van der Waals surface area contributed by atoms with Gasteiger partial charge in [-0.25, -0.2) is 9.78 Å². The zero-order chi connectivity index (χ0) is 10.7. The van der Waals surface area contributed by atoms with Crippen LogP contribution >= 0.6 is 11.6 Å². The minimum absolute atomic E-state index is 0.123. The van der Waals surface area contributed by atoms with Crippen molar-refractivity contribution in [3.8, 4) is 0 Å². The van der Waals surface area contributed by atoms with Crippen LogP contribution in [-0.2, 0) is 4.74 Å². The number of methoxy groups -OCH3 is 1. The van der Waals surface area contributed by atoms with Gasteiger partial charge in [0.2, 0.25) is 0 Å². The minimum Gasteiger partial charge on any atom is -0.464 e. The van der Waals surface area contributed by atoms with E-state index in [1.807, 2.05) is 0 Å².